The Bertz CT molecular complexity index is 141. The molecule has 4 heteroatoms. The van der Waals surface area contributed by atoms with Crippen LogP contribution in [0.2, 0.25) is 0 Å². The molecule has 3 N–H and O–H groups in total. The molecule has 2 amide bonds. The average Bonchev–Trinajstić information content (AvgIpc) is 2.31. The quantitative estimate of drug-likeness (QED) is 0.636. The minimum absolute atomic E-state index is 0.0741. The van der Waals surface area contributed by atoms with Crippen LogP contribution >= 0.6 is 0 Å². The SMILES string of the molecule is CCCCC(CC)CNC(=O)NC.CO. The highest BCUT2D eigenvalue weighted by molar-refractivity contribution is 5.73. The molecule has 4 nitrogen and oxygen atoms in total. The van der Waals surface area contributed by atoms with E-state index in [2.05, 4.69) is 24.5 Å². The van der Waals surface area contributed by atoms with E-state index in [1.54, 1.807) is 7.05 Å². The van der Waals surface area contributed by atoms with Crippen LogP contribution in [0.4, 0.5) is 4.79 Å². The zero-order valence-corrected chi connectivity index (χ0v) is 10.5. The topological polar surface area (TPSA) is 61.4 Å². The summed E-state index contributed by atoms with van der Waals surface area (Å²) < 4.78 is 0. The molecule has 0 aliphatic heterocycles. The van der Waals surface area contributed by atoms with Crippen molar-refractivity contribution in [2.75, 3.05) is 20.7 Å². The van der Waals surface area contributed by atoms with Gasteiger partial charge < -0.3 is 15.7 Å². The molecule has 0 radical (unpaired) electrons. The zero-order valence-electron chi connectivity index (χ0n) is 10.5. The highest BCUT2D eigenvalue weighted by Crippen LogP contribution is 2.10. The first-order chi connectivity index (χ1) is 7.24. The van der Waals surface area contributed by atoms with Crippen molar-refractivity contribution in [3.05, 3.63) is 0 Å². The van der Waals surface area contributed by atoms with Crippen LogP contribution in [0.15, 0.2) is 0 Å². The molecule has 0 aromatic rings. The Labute approximate surface area is 93.4 Å². The molecular formula is C11H26N2O2. The number of rotatable bonds is 6. The summed E-state index contributed by atoms with van der Waals surface area (Å²) in [6.07, 6.45) is 4.85. The van der Waals surface area contributed by atoms with E-state index in [-0.39, 0.29) is 6.03 Å². The molecule has 0 fully saturated rings. The molecule has 0 heterocycles. The van der Waals surface area contributed by atoms with Crippen LogP contribution in [0, 0.1) is 5.92 Å². The van der Waals surface area contributed by atoms with Crippen molar-refractivity contribution in [1.29, 1.82) is 0 Å². The van der Waals surface area contributed by atoms with E-state index in [0.29, 0.717) is 5.92 Å². The van der Waals surface area contributed by atoms with E-state index >= 15 is 0 Å². The first-order valence-electron chi connectivity index (χ1n) is 5.64. The summed E-state index contributed by atoms with van der Waals surface area (Å²) >= 11 is 0. The molecule has 0 aliphatic carbocycles. The predicted molar refractivity (Wildman–Crippen MR) is 63.9 cm³/mol. The van der Waals surface area contributed by atoms with Crippen LogP contribution in [-0.2, 0) is 0 Å². The lowest BCUT2D eigenvalue weighted by molar-refractivity contribution is 0.240. The average molecular weight is 218 g/mol. The molecule has 1 unspecified atom stereocenters. The number of hydrogen-bond acceptors (Lipinski definition) is 2. The molecule has 0 saturated heterocycles. The Balaban J connectivity index is 0. The number of aliphatic hydroxyl groups is 1. The molecule has 0 spiro atoms. The van der Waals surface area contributed by atoms with E-state index < -0.39 is 0 Å². The minimum atomic E-state index is -0.0741. The number of urea groups is 1. The first kappa shape index (κ1) is 16.7. The molecule has 15 heavy (non-hydrogen) atoms. The van der Waals surface area contributed by atoms with Crippen LogP contribution in [0.25, 0.3) is 0 Å². The first-order valence-corrected chi connectivity index (χ1v) is 5.64. The number of carbonyl (C=O) groups excluding carboxylic acids is 1. The third kappa shape index (κ3) is 11.2. The van der Waals surface area contributed by atoms with Gasteiger partial charge in [0.25, 0.3) is 0 Å². The molecule has 0 saturated carbocycles. The second kappa shape index (κ2) is 13.2. The summed E-state index contributed by atoms with van der Waals surface area (Å²) in [5.74, 6) is 0.636. The molecule has 1 atom stereocenters. The minimum Gasteiger partial charge on any atom is -0.400 e. The van der Waals surface area contributed by atoms with Gasteiger partial charge in [0.2, 0.25) is 0 Å². The van der Waals surface area contributed by atoms with Gasteiger partial charge in [-0.05, 0) is 12.3 Å². The Morgan fingerprint density at radius 3 is 2.33 bits per heavy atom. The van der Waals surface area contributed by atoms with E-state index in [1.165, 1.54) is 19.3 Å². The van der Waals surface area contributed by atoms with Gasteiger partial charge in [0.05, 0.1) is 0 Å². The van der Waals surface area contributed by atoms with Gasteiger partial charge in [0, 0.05) is 20.7 Å². The van der Waals surface area contributed by atoms with Crippen LogP contribution in [-0.4, -0.2) is 31.8 Å². The van der Waals surface area contributed by atoms with Crippen molar-refractivity contribution in [1.82, 2.24) is 10.6 Å². The largest absolute Gasteiger partial charge is 0.400 e. The molecule has 0 aromatic heterocycles. The van der Waals surface area contributed by atoms with Crippen molar-refractivity contribution in [3.8, 4) is 0 Å². The fourth-order valence-electron chi connectivity index (χ4n) is 1.27. The highest BCUT2D eigenvalue weighted by atomic mass is 16.2. The van der Waals surface area contributed by atoms with Crippen molar-refractivity contribution in [2.24, 2.45) is 5.92 Å². The van der Waals surface area contributed by atoms with Crippen LogP contribution in [0.5, 0.6) is 0 Å². The van der Waals surface area contributed by atoms with E-state index in [9.17, 15) is 4.79 Å². The molecular weight excluding hydrogens is 192 g/mol. The van der Waals surface area contributed by atoms with Crippen molar-refractivity contribution >= 4 is 6.03 Å². The lowest BCUT2D eigenvalue weighted by Gasteiger charge is -2.14. The second-order valence-corrected chi connectivity index (χ2v) is 3.38. The number of amides is 2. The third-order valence-corrected chi connectivity index (χ3v) is 2.32. The zero-order chi connectivity index (χ0) is 12.1. The van der Waals surface area contributed by atoms with Gasteiger partial charge in [0.1, 0.15) is 0 Å². The maximum atomic E-state index is 10.9. The van der Waals surface area contributed by atoms with Gasteiger partial charge in [-0.25, -0.2) is 4.79 Å². The second-order valence-electron chi connectivity index (χ2n) is 3.38. The molecule has 0 aliphatic rings. The van der Waals surface area contributed by atoms with Crippen LogP contribution < -0.4 is 10.6 Å². The summed E-state index contributed by atoms with van der Waals surface area (Å²) in [6.45, 7) is 5.17. The van der Waals surface area contributed by atoms with E-state index in [1.807, 2.05) is 0 Å². The Morgan fingerprint density at radius 1 is 1.33 bits per heavy atom. The Morgan fingerprint density at radius 2 is 1.93 bits per heavy atom. The number of aliphatic hydroxyl groups excluding tert-OH is 1. The molecule has 0 aromatic carbocycles. The molecule has 0 rings (SSSR count). The fourth-order valence-corrected chi connectivity index (χ4v) is 1.27. The Hall–Kier alpha value is -0.770. The summed E-state index contributed by atoms with van der Waals surface area (Å²) in [4.78, 5) is 10.9. The maximum Gasteiger partial charge on any atom is 0.314 e. The summed E-state index contributed by atoms with van der Waals surface area (Å²) in [5, 5.41) is 12.4. The predicted octanol–water partition coefficient (Wildman–Crippen LogP) is 1.74. The smallest absolute Gasteiger partial charge is 0.314 e. The monoisotopic (exact) mass is 218 g/mol. The number of hydrogen-bond donors (Lipinski definition) is 3. The standard InChI is InChI=1S/C10H22N2O.CH4O/c1-4-6-7-9(5-2)8-12-10(13)11-3;1-2/h9H,4-8H2,1-3H3,(H2,11,12,13);2H,1H3. The van der Waals surface area contributed by atoms with E-state index in [4.69, 9.17) is 5.11 Å². The van der Waals surface area contributed by atoms with Gasteiger partial charge in [-0.1, -0.05) is 33.1 Å². The number of carbonyl (C=O) groups is 1. The third-order valence-electron chi connectivity index (χ3n) is 2.32. The summed E-state index contributed by atoms with van der Waals surface area (Å²) in [5.41, 5.74) is 0. The van der Waals surface area contributed by atoms with Gasteiger partial charge >= 0.3 is 6.03 Å². The van der Waals surface area contributed by atoms with Crippen molar-refractivity contribution < 1.29 is 9.90 Å². The van der Waals surface area contributed by atoms with E-state index in [0.717, 1.165) is 20.1 Å². The van der Waals surface area contributed by atoms with Crippen LogP contribution in [0.1, 0.15) is 39.5 Å². The van der Waals surface area contributed by atoms with Crippen molar-refractivity contribution in [2.45, 2.75) is 39.5 Å². The lowest BCUT2D eigenvalue weighted by atomic mass is 9.99. The normalized spacial score (nSPS) is 11.0. The fraction of sp³-hybridized carbons (Fsp3) is 0.909. The highest BCUT2D eigenvalue weighted by Gasteiger charge is 2.06. The Kier molecular flexibility index (Phi) is 14.7. The lowest BCUT2D eigenvalue weighted by Crippen LogP contribution is -2.36. The van der Waals surface area contributed by atoms with Crippen LogP contribution in [0.3, 0.4) is 0 Å². The van der Waals surface area contributed by atoms with Crippen molar-refractivity contribution in [3.63, 3.8) is 0 Å². The molecule has 92 valence electrons. The number of unbranched alkanes of at least 4 members (excludes halogenated alkanes) is 1. The maximum absolute atomic E-state index is 10.9. The van der Waals surface area contributed by atoms with Gasteiger partial charge in [-0.3, -0.25) is 0 Å². The summed E-state index contributed by atoms with van der Waals surface area (Å²) in [6, 6.07) is -0.0741. The summed E-state index contributed by atoms with van der Waals surface area (Å²) in [7, 11) is 2.64. The van der Waals surface area contributed by atoms with Gasteiger partial charge in [-0.2, -0.15) is 0 Å². The molecule has 0 bridgehead atoms. The number of nitrogens with one attached hydrogen (secondary N) is 2. The van der Waals surface area contributed by atoms with Gasteiger partial charge in [0.15, 0.2) is 0 Å². The van der Waals surface area contributed by atoms with Gasteiger partial charge in [-0.15, -0.1) is 0 Å².